The number of aromatic nitrogens is 3. The van der Waals surface area contributed by atoms with Gasteiger partial charge in [0, 0.05) is 37.4 Å². The first kappa shape index (κ1) is 22.1. The summed E-state index contributed by atoms with van der Waals surface area (Å²) in [6.07, 6.45) is 3.11. The van der Waals surface area contributed by atoms with Crippen LogP contribution in [0.3, 0.4) is 0 Å². The first-order chi connectivity index (χ1) is 15.5. The smallest absolute Gasteiger partial charge is 0.255 e. The maximum absolute atomic E-state index is 12.9. The van der Waals surface area contributed by atoms with Crippen molar-refractivity contribution < 1.29 is 13.2 Å². The average Bonchev–Trinajstić information content (AvgIpc) is 3.33. The lowest BCUT2D eigenvalue weighted by molar-refractivity contribution is 0.102. The van der Waals surface area contributed by atoms with Crippen LogP contribution in [0.15, 0.2) is 66.1 Å². The Kier molecular flexibility index (Phi) is 6.63. The van der Waals surface area contributed by atoms with Crippen molar-refractivity contribution in [3.05, 3.63) is 72.3 Å². The largest absolute Gasteiger partial charge is 0.322 e. The highest BCUT2D eigenvalue weighted by atomic mass is 32.2. The Morgan fingerprint density at radius 1 is 1.00 bits per heavy atom. The molecule has 0 saturated carbocycles. The van der Waals surface area contributed by atoms with E-state index in [1.807, 2.05) is 12.1 Å². The molecule has 4 rings (SSSR count). The molecule has 3 aromatic rings. The number of hydrogen-bond donors (Lipinski definition) is 1. The van der Waals surface area contributed by atoms with E-state index in [0.717, 1.165) is 25.2 Å². The molecule has 1 aromatic heterocycles. The van der Waals surface area contributed by atoms with Crippen molar-refractivity contribution in [1.82, 2.24) is 24.0 Å². The van der Waals surface area contributed by atoms with Crippen molar-refractivity contribution in [2.24, 2.45) is 0 Å². The molecule has 0 atom stereocenters. The van der Waals surface area contributed by atoms with E-state index in [9.17, 15) is 13.2 Å². The SMILES string of the molecule is CCN1CCN(S(=O)(=O)c2ccc(NC(=O)c3ccc(Cn4cncn4)cc3)cc2)CC1. The molecule has 2 heterocycles. The minimum atomic E-state index is -3.54. The van der Waals surface area contributed by atoms with E-state index < -0.39 is 10.0 Å². The van der Waals surface area contributed by atoms with Crippen molar-refractivity contribution in [3.8, 4) is 0 Å². The van der Waals surface area contributed by atoms with Gasteiger partial charge in [0.05, 0.1) is 11.4 Å². The summed E-state index contributed by atoms with van der Waals surface area (Å²) in [5.41, 5.74) is 2.05. The van der Waals surface area contributed by atoms with E-state index >= 15 is 0 Å². The number of amides is 1. The van der Waals surface area contributed by atoms with Crippen LogP contribution in [0.5, 0.6) is 0 Å². The van der Waals surface area contributed by atoms with Gasteiger partial charge in [-0.05, 0) is 48.5 Å². The molecule has 9 nitrogen and oxygen atoms in total. The van der Waals surface area contributed by atoms with Gasteiger partial charge in [0.1, 0.15) is 12.7 Å². The standard InChI is InChI=1S/C22H26N6O3S/c1-2-26-11-13-28(14-12-26)32(30,31)21-9-7-20(8-10-21)25-22(29)19-5-3-18(4-6-19)15-27-17-23-16-24-27/h3-10,16-17H,2,11-15H2,1H3,(H,25,29). The maximum atomic E-state index is 12.9. The van der Waals surface area contributed by atoms with Gasteiger partial charge in [-0.25, -0.2) is 18.1 Å². The van der Waals surface area contributed by atoms with Gasteiger partial charge in [-0.2, -0.15) is 9.40 Å². The molecule has 0 radical (unpaired) electrons. The maximum Gasteiger partial charge on any atom is 0.255 e. The number of benzene rings is 2. The fraction of sp³-hybridized carbons (Fsp3) is 0.318. The predicted molar refractivity (Wildman–Crippen MR) is 121 cm³/mol. The van der Waals surface area contributed by atoms with Gasteiger partial charge < -0.3 is 10.2 Å². The molecule has 1 aliphatic rings. The van der Waals surface area contributed by atoms with Gasteiger partial charge in [0.15, 0.2) is 0 Å². The zero-order valence-corrected chi connectivity index (χ0v) is 18.7. The molecule has 1 saturated heterocycles. The first-order valence-corrected chi connectivity index (χ1v) is 11.9. The first-order valence-electron chi connectivity index (χ1n) is 10.5. The highest BCUT2D eigenvalue weighted by Crippen LogP contribution is 2.20. The number of hydrogen-bond acceptors (Lipinski definition) is 6. The van der Waals surface area contributed by atoms with E-state index in [4.69, 9.17) is 0 Å². The van der Waals surface area contributed by atoms with Crippen molar-refractivity contribution in [2.45, 2.75) is 18.4 Å². The molecule has 1 N–H and O–H groups in total. The average molecular weight is 455 g/mol. The Bertz CT molecular complexity index is 1140. The normalized spacial score (nSPS) is 15.5. The molecule has 0 unspecified atom stereocenters. The van der Waals surface area contributed by atoms with E-state index in [0.29, 0.717) is 30.9 Å². The topological polar surface area (TPSA) is 100 Å². The summed E-state index contributed by atoms with van der Waals surface area (Å²) < 4.78 is 29.0. The number of carbonyl (C=O) groups is 1. The van der Waals surface area contributed by atoms with Crippen molar-refractivity contribution in [1.29, 1.82) is 0 Å². The summed E-state index contributed by atoms with van der Waals surface area (Å²) in [5.74, 6) is -0.261. The Hall–Kier alpha value is -3.08. The third-order valence-electron chi connectivity index (χ3n) is 5.56. The molecule has 1 fully saturated rings. The van der Waals surface area contributed by atoms with Crippen molar-refractivity contribution in [3.63, 3.8) is 0 Å². The van der Waals surface area contributed by atoms with Gasteiger partial charge in [-0.1, -0.05) is 19.1 Å². The van der Waals surface area contributed by atoms with Gasteiger partial charge in [0.2, 0.25) is 10.0 Å². The van der Waals surface area contributed by atoms with Crippen LogP contribution in [0, 0.1) is 0 Å². The van der Waals surface area contributed by atoms with Gasteiger partial charge in [0.25, 0.3) is 5.91 Å². The number of rotatable bonds is 7. The van der Waals surface area contributed by atoms with Crippen LogP contribution in [-0.4, -0.2) is 71.0 Å². The highest BCUT2D eigenvalue weighted by molar-refractivity contribution is 7.89. The molecule has 10 heteroatoms. The van der Waals surface area contributed by atoms with Gasteiger partial charge in [-0.15, -0.1) is 0 Å². The Morgan fingerprint density at radius 3 is 2.28 bits per heavy atom. The van der Waals surface area contributed by atoms with Gasteiger partial charge in [-0.3, -0.25) is 4.79 Å². The Labute approximate surface area is 187 Å². The lowest BCUT2D eigenvalue weighted by Gasteiger charge is -2.33. The van der Waals surface area contributed by atoms with Crippen LogP contribution in [0.2, 0.25) is 0 Å². The summed E-state index contributed by atoms with van der Waals surface area (Å²) in [6, 6.07) is 13.5. The van der Waals surface area contributed by atoms with Crippen LogP contribution in [0.1, 0.15) is 22.8 Å². The lowest BCUT2D eigenvalue weighted by atomic mass is 10.1. The van der Waals surface area contributed by atoms with Crippen LogP contribution in [-0.2, 0) is 16.6 Å². The summed E-state index contributed by atoms with van der Waals surface area (Å²) in [6.45, 7) is 6.02. The molecule has 0 spiro atoms. The zero-order valence-electron chi connectivity index (χ0n) is 17.9. The second-order valence-corrected chi connectivity index (χ2v) is 9.54. The fourth-order valence-corrected chi connectivity index (χ4v) is 5.03. The number of nitrogens with zero attached hydrogens (tertiary/aromatic N) is 5. The monoisotopic (exact) mass is 454 g/mol. The number of piperazine rings is 1. The third kappa shape index (κ3) is 5.04. The second kappa shape index (κ2) is 9.60. The van der Waals surface area contributed by atoms with Crippen LogP contribution in [0.25, 0.3) is 0 Å². The molecular weight excluding hydrogens is 428 g/mol. The van der Waals surface area contributed by atoms with E-state index in [1.165, 1.54) is 10.6 Å². The molecular formula is C22H26N6O3S. The van der Waals surface area contributed by atoms with Crippen molar-refractivity contribution in [2.75, 3.05) is 38.0 Å². The Morgan fingerprint density at radius 2 is 1.69 bits per heavy atom. The lowest BCUT2D eigenvalue weighted by Crippen LogP contribution is -2.48. The molecule has 0 aliphatic carbocycles. The summed E-state index contributed by atoms with van der Waals surface area (Å²) in [5, 5.41) is 6.88. The molecule has 2 aromatic carbocycles. The molecule has 1 amide bonds. The van der Waals surface area contributed by atoms with Crippen LogP contribution < -0.4 is 5.32 Å². The summed E-state index contributed by atoms with van der Waals surface area (Å²) >= 11 is 0. The number of carbonyl (C=O) groups excluding carboxylic acids is 1. The van der Waals surface area contributed by atoms with E-state index in [2.05, 4.69) is 27.2 Å². The summed E-state index contributed by atoms with van der Waals surface area (Å²) in [7, 11) is -3.54. The number of sulfonamides is 1. The summed E-state index contributed by atoms with van der Waals surface area (Å²) in [4.78, 5) is 18.9. The fourth-order valence-electron chi connectivity index (χ4n) is 3.61. The minimum Gasteiger partial charge on any atom is -0.322 e. The molecule has 0 bridgehead atoms. The van der Waals surface area contributed by atoms with Gasteiger partial charge >= 0.3 is 0 Å². The minimum absolute atomic E-state index is 0.234. The molecule has 168 valence electrons. The van der Waals surface area contributed by atoms with E-state index in [-0.39, 0.29) is 10.8 Å². The van der Waals surface area contributed by atoms with Crippen LogP contribution >= 0.6 is 0 Å². The highest BCUT2D eigenvalue weighted by Gasteiger charge is 2.27. The predicted octanol–water partition coefficient (Wildman–Crippen LogP) is 1.90. The second-order valence-electron chi connectivity index (χ2n) is 7.61. The number of nitrogens with one attached hydrogen (secondary N) is 1. The van der Waals surface area contributed by atoms with Crippen molar-refractivity contribution >= 4 is 21.6 Å². The van der Waals surface area contributed by atoms with E-state index in [1.54, 1.807) is 47.4 Å². The quantitative estimate of drug-likeness (QED) is 0.585. The number of likely N-dealkylation sites (N-methyl/N-ethyl adjacent to an activating group) is 1. The molecule has 32 heavy (non-hydrogen) atoms. The zero-order chi connectivity index (χ0) is 22.6. The molecule has 1 aliphatic heterocycles. The number of anilines is 1. The Balaban J connectivity index is 1.37. The third-order valence-corrected chi connectivity index (χ3v) is 7.47. The van der Waals surface area contributed by atoms with Crippen LogP contribution in [0.4, 0.5) is 5.69 Å².